The third-order valence-electron chi connectivity index (χ3n) is 4.40. The molecule has 1 heterocycles. The molecule has 1 unspecified atom stereocenters. The van der Waals surface area contributed by atoms with Gasteiger partial charge in [0.2, 0.25) is 0 Å². The van der Waals surface area contributed by atoms with Gasteiger partial charge in [-0.3, -0.25) is 4.79 Å². The summed E-state index contributed by atoms with van der Waals surface area (Å²) in [6.07, 6.45) is 0.933. The van der Waals surface area contributed by atoms with Crippen LogP contribution < -0.4 is 4.74 Å². The maximum Gasteiger partial charge on any atom is 0.256 e. The number of carbonyl (C=O) groups is 1. The second-order valence-electron chi connectivity index (χ2n) is 6.19. The smallest absolute Gasteiger partial charge is 0.256 e. The van der Waals surface area contributed by atoms with E-state index in [0.717, 1.165) is 6.42 Å². The van der Waals surface area contributed by atoms with Crippen LogP contribution in [-0.4, -0.2) is 31.0 Å². The molecule has 0 bridgehead atoms. The minimum atomic E-state index is -0.632. The molecule has 1 saturated heterocycles. The standard InChI is InChI=1S/C19H19F2NO2/c1-12-7-8-22(11-12)19(23)16-5-3-13(9-17(16)20)15-6-4-14(24-2)10-18(15)21/h3-6,9-10,12H,7-8,11H2,1-2H3. The average molecular weight is 331 g/mol. The highest BCUT2D eigenvalue weighted by Gasteiger charge is 2.26. The van der Waals surface area contributed by atoms with Crippen LogP contribution in [0, 0.1) is 17.6 Å². The van der Waals surface area contributed by atoms with Gasteiger partial charge in [0.1, 0.15) is 17.4 Å². The maximum atomic E-state index is 14.4. The summed E-state index contributed by atoms with van der Waals surface area (Å²) in [7, 11) is 1.45. The molecular weight excluding hydrogens is 312 g/mol. The number of hydrogen-bond donors (Lipinski definition) is 0. The van der Waals surface area contributed by atoms with Crippen molar-refractivity contribution in [2.75, 3.05) is 20.2 Å². The topological polar surface area (TPSA) is 29.5 Å². The van der Waals surface area contributed by atoms with Crippen molar-refractivity contribution in [1.82, 2.24) is 4.90 Å². The van der Waals surface area contributed by atoms with Crippen molar-refractivity contribution in [2.45, 2.75) is 13.3 Å². The average Bonchev–Trinajstić information content (AvgIpc) is 3.00. The molecule has 1 atom stereocenters. The number of ether oxygens (including phenoxy) is 1. The molecule has 0 radical (unpaired) electrons. The van der Waals surface area contributed by atoms with Crippen LogP contribution in [0.15, 0.2) is 36.4 Å². The van der Waals surface area contributed by atoms with Crippen LogP contribution in [0.5, 0.6) is 5.75 Å². The predicted octanol–water partition coefficient (Wildman–Crippen LogP) is 4.12. The fraction of sp³-hybridized carbons (Fsp3) is 0.316. The second kappa shape index (κ2) is 6.59. The highest BCUT2D eigenvalue weighted by Crippen LogP contribution is 2.28. The SMILES string of the molecule is COc1ccc(-c2ccc(C(=O)N3CCC(C)C3)c(F)c2)c(F)c1. The number of methoxy groups -OCH3 is 1. The Morgan fingerprint density at radius 3 is 2.54 bits per heavy atom. The molecule has 1 aliphatic heterocycles. The van der Waals surface area contributed by atoms with E-state index in [1.807, 2.05) is 0 Å². The molecule has 126 valence electrons. The Morgan fingerprint density at radius 2 is 1.96 bits per heavy atom. The number of carbonyl (C=O) groups excluding carboxylic acids is 1. The third-order valence-corrected chi connectivity index (χ3v) is 4.40. The van der Waals surface area contributed by atoms with Gasteiger partial charge in [-0.2, -0.15) is 0 Å². The van der Waals surface area contributed by atoms with Gasteiger partial charge in [0.05, 0.1) is 12.7 Å². The van der Waals surface area contributed by atoms with Crippen LogP contribution in [-0.2, 0) is 0 Å². The summed E-state index contributed by atoms with van der Waals surface area (Å²) in [5, 5.41) is 0. The first kappa shape index (κ1) is 16.4. The molecule has 0 aromatic heterocycles. The van der Waals surface area contributed by atoms with Crippen molar-refractivity contribution in [2.24, 2.45) is 5.92 Å². The van der Waals surface area contributed by atoms with Gasteiger partial charge in [0.25, 0.3) is 5.91 Å². The van der Waals surface area contributed by atoms with Crippen molar-refractivity contribution in [1.29, 1.82) is 0 Å². The largest absolute Gasteiger partial charge is 0.497 e. The molecule has 0 spiro atoms. The molecule has 1 aliphatic rings. The first-order valence-electron chi connectivity index (χ1n) is 7.92. The summed E-state index contributed by atoms with van der Waals surface area (Å²) in [5.41, 5.74) is 0.684. The monoisotopic (exact) mass is 331 g/mol. The van der Waals surface area contributed by atoms with Crippen LogP contribution in [0.3, 0.4) is 0 Å². The fourth-order valence-corrected chi connectivity index (χ4v) is 3.00. The number of benzene rings is 2. The highest BCUT2D eigenvalue weighted by molar-refractivity contribution is 5.95. The Hall–Kier alpha value is -2.43. The van der Waals surface area contributed by atoms with Crippen LogP contribution in [0.2, 0.25) is 0 Å². The van der Waals surface area contributed by atoms with E-state index in [1.165, 1.54) is 31.4 Å². The van der Waals surface area contributed by atoms with Gasteiger partial charge in [-0.25, -0.2) is 8.78 Å². The van der Waals surface area contributed by atoms with E-state index >= 15 is 0 Å². The van der Waals surface area contributed by atoms with Gasteiger partial charge in [0.15, 0.2) is 0 Å². The normalized spacial score (nSPS) is 17.2. The van der Waals surface area contributed by atoms with E-state index in [0.29, 0.717) is 30.3 Å². The van der Waals surface area contributed by atoms with Crippen molar-refractivity contribution in [3.8, 4) is 16.9 Å². The summed E-state index contributed by atoms with van der Waals surface area (Å²) in [6.45, 7) is 3.36. The Kier molecular flexibility index (Phi) is 4.51. The molecule has 0 aliphatic carbocycles. The third kappa shape index (κ3) is 3.11. The molecule has 2 aromatic carbocycles. The van der Waals surface area contributed by atoms with Crippen molar-refractivity contribution >= 4 is 5.91 Å². The van der Waals surface area contributed by atoms with Crippen LogP contribution in [0.4, 0.5) is 8.78 Å². The van der Waals surface area contributed by atoms with E-state index in [1.54, 1.807) is 17.0 Å². The lowest BCUT2D eigenvalue weighted by atomic mass is 10.0. The number of halogens is 2. The van der Waals surface area contributed by atoms with Gasteiger partial charge in [-0.05, 0) is 42.2 Å². The molecule has 1 fully saturated rings. The van der Waals surface area contributed by atoms with Crippen LogP contribution in [0.1, 0.15) is 23.7 Å². The Balaban J connectivity index is 1.88. The summed E-state index contributed by atoms with van der Waals surface area (Å²) in [5.74, 6) is -0.608. The first-order valence-corrected chi connectivity index (χ1v) is 7.92. The molecule has 3 nitrogen and oxygen atoms in total. The molecule has 5 heteroatoms. The zero-order valence-electron chi connectivity index (χ0n) is 13.7. The van der Waals surface area contributed by atoms with Gasteiger partial charge >= 0.3 is 0 Å². The second-order valence-corrected chi connectivity index (χ2v) is 6.19. The van der Waals surface area contributed by atoms with Gasteiger partial charge < -0.3 is 9.64 Å². The number of likely N-dealkylation sites (tertiary alicyclic amines) is 1. The Labute approximate surface area is 139 Å². The summed E-state index contributed by atoms with van der Waals surface area (Å²) in [6, 6.07) is 8.60. The number of hydrogen-bond acceptors (Lipinski definition) is 2. The van der Waals surface area contributed by atoms with E-state index in [2.05, 4.69) is 6.92 Å². The van der Waals surface area contributed by atoms with E-state index in [-0.39, 0.29) is 17.0 Å². The predicted molar refractivity (Wildman–Crippen MR) is 88.0 cm³/mol. The van der Waals surface area contributed by atoms with Crippen molar-refractivity contribution < 1.29 is 18.3 Å². The zero-order valence-corrected chi connectivity index (χ0v) is 13.7. The first-order chi connectivity index (χ1) is 11.5. The quantitative estimate of drug-likeness (QED) is 0.847. The lowest BCUT2D eigenvalue weighted by molar-refractivity contribution is 0.0783. The van der Waals surface area contributed by atoms with Crippen molar-refractivity contribution in [3.05, 3.63) is 53.6 Å². The Morgan fingerprint density at radius 1 is 1.17 bits per heavy atom. The van der Waals surface area contributed by atoms with Gasteiger partial charge in [-0.15, -0.1) is 0 Å². The number of nitrogens with zero attached hydrogens (tertiary/aromatic N) is 1. The zero-order chi connectivity index (χ0) is 17.3. The highest BCUT2D eigenvalue weighted by atomic mass is 19.1. The number of amides is 1. The lowest BCUT2D eigenvalue weighted by Gasteiger charge is -2.16. The van der Waals surface area contributed by atoms with E-state index in [9.17, 15) is 13.6 Å². The molecule has 0 saturated carbocycles. The Bertz CT molecular complexity index is 776. The van der Waals surface area contributed by atoms with Crippen LogP contribution >= 0.6 is 0 Å². The molecule has 0 N–H and O–H groups in total. The van der Waals surface area contributed by atoms with E-state index in [4.69, 9.17) is 4.74 Å². The van der Waals surface area contributed by atoms with Gasteiger partial charge in [-0.1, -0.05) is 13.0 Å². The molecule has 2 aromatic rings. The van der Waals surface area contributed by atoms with Gasteiger partial charge in [0, 0.05) is 24.7 Å². The summed E-state index contributed by atoms with van der Waals surface area (Å²) < 4.78 is 33.5. The summed E-state index contributed by atoms with van der Waals surface area (Å²) >= 11 is 0. The molecule has 1 amide bonds. The molecule has 3 rings (SSSR count). The van der Waals surface area contributed by atoms with E-state index < -0.39 is 11.6 Å². The van der Waals surface area contributed by atoms with Crippen molar-refractivity contribution in [3.63, 3.8) is 0 Å². The summed E-state index contributed by atoms with van der Waals surface area (Å²) in [4.78, 5) is 14.1. The van der Waals surface area contributed by atoms with Crippen LogP contribution in [0.25, 0.3) is 11.1 Å². The minimum absolute atomic E-state index is 0.0294. The minimum Gasteiger partial charge on any atom is -0.497 e. The molecular formula is C19H19F2NO2. The number of rotatable bonds is 3. The molecule has 24 heavy (non-hydrogen) atoms. The fourth-order valence-electron chi connectivity index (χ4n) is 3.00. The maximum absolute atomic E-state index is 14.4. The lowest BCUT2D eigenvalue weighted by Crippen LogP contribution is -2.29.